The second-order valence-electron chi connectivity index (χ2n) is 9.68. The van der Waals surface area contributed by atoms with E-state index in [-0.39, 0.29) is 29.7 Å². The fraction of sp³-hybridized carbons (Fsp3) is 0.393. The van der Waals surface area contributed by atoms with Gasteiger partial charge in [0.15, 0.2) is 17.2 Å². The van der Waals surface area contributed by atoms with Gasteiger partial charge in [0.05, 0.1) is 36.7 Å². The first-order valence-corrected chi connectivity index (χ1v) is 13.7. The molecule has 0 atom stereocenters. The molecule has 4 aromatic rings. The van der Waals surface area contributed by atoms with E-state index in [2.05, 4.69) is 25.7 Å². The van der Waals surface area contributed by atoms with E-state index in [4.69, 9.17) is 20.4 Å². The van der Waals surface area contributed by atoms with Crippen molar-refractivity contribution in [2.45, 2.75) is 44.8 Å². The molecule has 0 radical (unpaired) electrons. The normalized spacial score (nSPS) is 13.2. The Hall–Kier alpha value is -4.50. The maximum atomic E-state index is 13.9. The van der Waals surface area contributed by atoms with E-state index in [9.17, 15) is 18.0 Å². The summed E-state index contributed by atoms with van der Waals surface area (Å²) in [6.45, 7) is 3.29. The van der Waals surface area contributed by atoms with Crippen LogP contribution in [0.25, 0.3) is 16.9 Å². The second kappa shape index (κ2) is 14.1. The Morgan fingerprint density at radius 1 is 1.26 bits per heavy atom. The van der Waals surface area contributed by atoms with Crippen LogP contribution in [0.2, 0.25) is 0 Å². The number of anilines is 2. The van der Waals surface area contributed by atoms with Crippen LogP contribution >= 0.6 is 0 Å². The molecular weight excluding hydrogens is 569 g/mol. The Bertz CT molecular complexity index is 1550. The average Bonchev–Trinajstić information content (AvgIpc) is 3.57. The number of rotatable bonds is 11. The molecule has 1 saturated carbocycles. The van der Waals surface area contributed by atoms with Crippen molar-refractivity contribution in [3.63, 3.8) is 0 Å². The molecule has 0 aliphatic heterocycles. The van der Waals surface area contributed by atoms with Gasteiger partial charge in [0.1, 0.15) is 0 Å². The molecule has 3 heterocycles. The number of imidazole rings is 1. The van der Waals surface area contributed by atoms with Crippen LogP contribution in [-0.4, -0.2) is 67.9 Å². The fourth-order valence-electron chi connectivity index (χ4n) is 4.67. The monoisotopic (exact) mass is 602 g/mol. The van der Waals surface area contributed by atoms with Crippen LogP contribution < -0.4 is 16.4 Å². The first-order chi connectivity index (χ1) is 20.7. The van der Waals surface area contributed by atoms with Gasteiger partial charge in [-0.3, -0.25) is 18.7 Å². The summed E-state index contributed by atoms with van der Waals surface area (Å²) >= 11 is 0. The van der Waals surface area contributed by atoms with E-state index in [1.54, 1.807) is 22.7 Å². The number of ether oxygens (including phenoxy) is 1. The van der Waals surface area contributed by atoms with E-state index in [1.165, 1.54) is 23.3 Å². The number of alkyl halides is 3. The van der Waals surface area contributed by atoms with Gasteiger partial charge in [-0.2, -0.15) is 18.3 Å². The highest BCUT2D eigenvalue weighted by atomic mass is 19.4. The number of hydrogen-bond acceptors (Lipinski definition) is 8. The summed E-state index contributed by atoms with van der Waals surface area (Å²) in [5.74, 6) is 0.158. The highest BCUT2D eigenvalue weighted by molar-refractivity contribution is 5.96. The lowest BCUT2D eigenvalue weighted by atomic mass is 9.93. The summed E-state index contributed by atoms with van der Waals surface area (Å²) in [5, 5.41) is 16.8. The van der Waals surface area contributed by atoms with Gasteiger partial charge in [-0.15, -0.1) is 0 Å². The van der Waals surface area contributed by atoms with Crippen molar-refractivity contribution in [3.8, 4) is 11.3 Å². The van der Waals surface area contributed by atoms with Crippen molar-refractivity contribution < 1.29 is 32.6 Å². The van der Waals surface area contributed by atoms with Crippen LogP contribution in [0.4, 0.5) is 24.7 Å². The molecule has 0 spiro atoms. The highest BCUT2D eigenvalue weighted by Crippen LogP contribution is 2.40. The molecule has 5 rings (SSSR count). The Kier molecular flexibility index (Phi) is 10.3. The van der Waals surface area contributed by atoms with Crippen LogP contribution in [0, 0.1) is 0 Å². The molecule has 0 unspecified atom stereocenters. The smallest absolute Gasteiger partial charge is 0.435 e. The van der Waals surface area contributed by atoms with Crippen LogP contribution in [0.3, 0.4) is 0 Å². The zero-order chi connectivity index (χ0) is 31.0. The van der Waals surface area contributed by atoms with Gasteiger partial charge in [0.25, 0.3) is 12.4 Å². The van der Waals surface area contributed by atoms with Crippen LogP contribution in [-0.2, 0) is 22.1 Å². The standard InChI is InChI=1S/C27H31F3N8O2.CH2O2/c1-2-17-14-18(6-7-20(17)26(39)33-10-13-40-12-8-31)35-24-25-34-15-22(37(25)11-9-32-24)21-16-38(19-4-3-5-19)36-23(21)27(28,29)30;2-1-3/h6-7,9,11,14-16,19H,2-5,8,10,12-13,31H2,1H3,(H,32,35)(H,33,39);1H,(H,2,3). The first-order valence-electron chi connectivity index (χ1n) is 13.7. The summed E-state index contributed by atoms with van der Waals surface area (Å²) in [6, 6.07) is 5.30. The minimum atomic E-state index is -4.61. The number of benzene rings is 1. The molecule has 230 valence electrons. The molecule has 0 saturated heterocycles. The Labute approximate surface area is 245 Å². The highest BCUT2D eigenvalue weighted by Gasteiger charge is 2.39. The van der Waals surface area contributed by atoms with Gasteiger partial charge in [0, 0.05) is 42.9 Å². The van der Waals surface area contributed by atoms with Crippen molar-refractivity contribution in [2.75, 3.05) is 31.6 Å². The van der Waals surface area contributed by atoms with Gasteiger partial charge < -0.3 is 26.2 Å². The largest absolute Gasteiger partial charge is 0.483 e. The topological polar surface area (TPSA) is 162 Å². The number of amides is 1. The van der Waals surface area contributed by atoms with Gasteiger partial charge in [-0.1, -0.05) is 6.92 Å². The molecule has 5 N–H and O–H groups in total. The first kappa shape index (κ1) is 31.4. The number of carbonyl (C=O) groups is 2. The summed E-state index contributed by atoms with van der Waals surface area (Å²) in [6.07, 6.45) is 4.55. The van der Waals surface area contributed by atoms with Gasteiger partial charge in [-0.25, -0.2) is 9.97 Å². The van der Waals surface area contributed by atoms with Gasteiger partial charge in [-0.05, 0) is 49.4 Å². The number of carbonyl (C=O) groups excluding carboxylic acids is 1. The number of carboxylic acid groups (broad SMARTS) is 1. The molecule has 1 aliphatic carbocycles. The maximum Gasteiger partial charge on any atom is 0.435 e. The lowest BCUT2D eigenvalue weighted by Crippen LogP contribution is -2.28. The molecule has 3 aromatic heterocycles. The number of aryl methyl sites for hydroxylation is 1. The van der Waals surface area contributed by atoms with Crippen molar-refractivity contribution >= 4 is 29.5 Å². The quantitative estimate of drug-likeness (QED) is 0.147. The third kappa shape index (κ3) is 7.29. The molecule has 12 nitrogen and oxygen atoms in total. The summed E-state index contributed by atoms with van der Waals surface area (Å²) in [4.78, 5) is 29.8. The third-order valence-electron chi connectivity index (χ3n) is 6.94. The molecule has 43 heavy (non-hydrogen) atoms. The molecule has 0 bridgehead atoms. The number of hydrogen-bond donors (Lipinski definition) is 4. The number of nitrogens with one attached hydrogen (secondary N) is 2. The maximum absolute atomic E-state index is 13.9. The molecule has 1 aromatic carbocycles. The second-order valence-corrected chi connectivity index (χ2v) is 9.68. The Morgan fingerprint density at radius 2 is 2.02 bits per heavy atom. The van der Waals surface area contributed by atoms with E-state index in [0.29, 0.717) is 55.4 Å². The van der Waals surface area contributed by atoms with Crippen molar-refractivity contribution in [1.82, 2.24) is 29.5 Å². The molecule has 15 heteroatoms. The van der Waals surface area contributed by atoms with E-state index in [0.717, 1.165) is 24.8 Å². The summed E-state index contributed by atoms with van der Waals surface area (Å²) in [5.41, 5.74) is 7.10. The molecule has 1 amide bonds. The fourth-order valence-corrected chi connectivity index (χ4v) is 4.67. The lowest BCUT2D eigenvalue weighted by molar-refractivity contribution is -0.141. The van der Waals surface area contributed by atoms with Crippen LogP contribution in [0.1, 0.15) is 53.8 Å². The third-order valence-corrected chi connectivity index (χ3v) is 6.94. The number of aromatic nitrogens is 5. The molecular formula is C28H33F3N8O4. The van der Waals surface area contributed by atoms with Gasteiger partial charge in [0.2, 0.25) is 0 Å². The minimum Gasteiger partial charge on any atom is -0.483 e. The Balaban J connectivity index is 0.00000135. The number of nitrogens with zero attached hydrogens (tertiary/aromatic N) is 5. The number of fused-ring (bicyclic) bond motifs is 1. The van der Waals surface area contributed by atoms with Crippen molar-refractivity contribution in [3.05, 3.63) is 59.8 Å². The SMILES string of the molecule is CCc1cc(Nc2nccn3c(-c4cn(C5CCC5)nc4C(F)(F)F)cnc23)ccc1C(=O)NCCOCCN.O=CO. The van der Waals surface area contributed by atoms with Crippen LogP contribution in [0.15, 0.2) is 43.0 Å². The summed E-state index contributed by atoms with van der Waals surface area (Å²) < 4.78 is 50.0. The zero-order valence-electron chi connectivity index (χ0n) is 23.5. The van der Waals surface area contributed by atoms with E-state index < -0.39 is 11.9 Å². The predicted octanol–water partition coefficient (Wildman–Crippen LogP) is 4.05. The predicted molar refractivity (Wildman–Crippen MR) is 152 cm³/mol. The average molecular weight is 603 g/mol. The molecule has 1 fully saturated rings. The summed E-state index contributed by atoms with van der Waals surface area (Å²) in [7, 11) is 0. The number of halogens is 3. The Morgan fingerprint density at radius 3 is 2.67 bits per heavy atom. The number of nitrogens with two attached hydrogens (primary N) is 1. The molecule has 1 aliphatic rings. The van der Waals surface area contributed by atoms with E-state index in [1.807, 2.05) is 13.0 Å². The van der Waals surface area contributed by atoms with Crippen LogP contribution in [0.5, 0.6) is 0 Å². The minimum absolute atomic E-state index is 0.0183. The van der Waals surface area contributed by atoms with Crippen molar-refractivity contribution in [2.24, 2.45) is 5.73 Å². The van der Waals surface area contributed by atoms with Gasteiger partial charge >= 0.3 is 6.18 Å². The van der Waals surface area contributed by atoms with Crippen molar-refractivity contribution in [1.29, 1.82) is 0 Å². The zero-order valence-corrected chi connectivity index (χ0v) is 23.5. The van der Waals surface area contributed by atoms with E-state index >= 15 is 0 Å². The lowest BCUT2D eigenvalue weighted by Gasteiger charge is -2.25.